The first kappa shape index (κ1) is 10.8. The summed E-state index contributed by atoms with van der Waals surface area (Å²) in [4.78, 5) is 0. The molecule has 78 valence electrons. The highest BCUT2D eigenvalue weighted by atomic mass is 19.1. The van der Waals surface area contributed by atoms with Crippen LogP contribution in [0.1, 0.15) is 12.5 Å². The number of ether oxygens (including phenoxy) is 1. The Morgan fingerprint density at radius 3 is 2.64 bits per heavy atom. The van der Waals surface area contributed by atoms with Gasteiger partial charge < -0.3 is 14.9 Å². The molecule has 0 aliphatic carbocycles. The molecule has 2 N–H and O–H groups in total. The first-order valence-corrected chi connectivity index (χ1v) is 4.28. The number of hydrogen-bond donors (Lipinski definition) is 2. The summed E-state index contributed by atoms with van der Waals surface area (Å²) in [5, 5.41) is 18.3. The van der Waals surface area contributed by atoms with Gasteiger partial charge >= 0.3 is 0 Å². The maximum absolute atomic E-state index is 12.9. The van der Waals surface area contributed by atoms with Crippen LogP contribution in [0.15, 0.2) is 12.1 Å². The summed E-state index contributed by atoms with van der Waals surface area (Å²) in [7, 11) is 1.41. The van der Waals surface area contributed by atoms with E-state index in [0.717, 1.165) is 6.07 Å². The van der Waals surface area contributed by atoms with Crippen LogP contribution >= 0.6 is 0 Å². The fourth-order valence-electron chi connectivity index (χ4n) is 1.25. The van der Waals surface area contributed by atoms with Gasteiger partial charge in [0.1, 0.15) is 5.75 Å². The number of aliphatic hydroxyl groups is 1. The molecule has 0 spiro atoms. The molecular weight excluding hydrogens is 187 g/mol. The van der Waals surface area contributed by atoms with Crippen molar-refractivity contribution in [2.24, 2.45) is 0 Å². The first-order chi connectivity index (χ1) is 6.54. The number of halogens is 1. The molecule has 0 saturated carbocycles. The number of rotatable bonds is 3. The predicted molar refractivity (Wildman–Crippen MR) is 50.0 cm³/mol. The van der Waals surface area contributed by atoms with E-state index in [0.29, 0.717) is 17.7 Å². The van der Waals surface area contributed by atoms with E-state index in [4.69, 9.17) is 14.9 Å². The van der Waals surface area contributed by atoms with Gasteiger partial charge in [-0.3, -0.25) is 0 Å². The number of phenolic OH excluding ortho intramolecular Hbond substituents is 1. The maximum atomic E-state index is 12.9. The third kappa shape index (κ3) is 2.35. The van der Waals surface area contributed by atoms with E-state index < -0.39 is 17.7 Å². The molecule has 1 atom stereocenters. The Morgan fingerprint density at radius 2 is 2.14 bits per heavy atom. The molecule has 0 aliphatic rings. The summed E-state index contributed by atoms with van der Waals surface area (Å²) in [6, 6.07) is 2.37. The zero-order valence-corrected chi connectivity index (χ0v) is 8.12. The highest BCUT2D eigenvalue weighted by molar-refractivity contribution is 5.41. The van der Waals surface area contributed by atoms with E-state index in [1.165, 1.54) is 13.2 Å². The van der Waals surface area contributed by atoms with Crippen LogP contribution in [0.25, 0.3) is 0 Å². The normalized spacial score (nSPS) is 12.6. The van der Waals surface area contributed by atoms with Gasteiger partial charge in [0.05, 0.1) is 13.2 Å². The van der Waals surface area contributed by atoms with Crippen molar-refractivity contribution in [3.8, 4) is 11.5 Å². The van der Waals surface area contributed by atoms with Gasteiger partial charge in [-0.25, -0.2) is 4.39 Å². The van der Waals surface area contributed by atoms with Gasteiger partial charge in [-0.15, -0.1) is 0 Å². The molecule has 0 aliphatic heterocycles. The molecule has 1 aromatic carbocycles. The number of aliphatic hydroxyl groups excluding tert-OH is 1. The van der Waals surface area contributed by atoms with Crippen molar-refractivity contribution >= 4 is 0 Å². The molecule has 0 aromatic heterocycles. The van der Waals surface area contributed by atoms with Crippen LogP contribution in [0, 0.1) is 5.82 Å². The molecule has 1 aromatic rings. The van der Waals surface area contributed by atoms with Crippen molar-refractivity contribution < 1.29 is 19.3 Å². The van der Waals surface area contributed by atoms with Crippen LogP contribution in [0.2, 0.25) is 0 Å². The standard InChI is InChI=1S/C10H13FO3/c1-6(12)3-7-4-9(13)8(11)5-10(7)14-2/h4-6,12-13H,3H2,1-2H3. The molecule has 0 heterocycles. The van der Waals surface area contributed by atoms with Crippen LogP contribution in [0.4, 0.5) is 4.39 Å². The van der Waals surface area contributed by atoms with Crippen LogP contribution in [0.3, 0.4) is 0 Å². The first-order valence-electron chi connectivity index (χ1n) is 4.28. The van der Waals surface area contributed by atoms with Crippen LogP contribution < -0.4 is 4.74 Å². The zero-order chi connectivity index (χ0) is 10.7. The largest absolute Gasteiger partial charge is 0.505 e. The predicted octanol–water partition coefficient (Wildman–Crippen LogP) is 1.46. The van der Waals surface area contributed by atoms with Crippen molar-refractivity contribution in [1.29, 1.82) is 0 Å². The average Bonchev–Trinajstić information content (AvgIpc) is 2.10. The second kappa shape index (κ2) is 4.28. The van der Waals surface area contributed by atoms with E-state index in [2.05, 4.69) is 0 Å². The van der Waals surface area contributed by atoms with E-state index in [1.807, 2.05) is 0 Å². The third-order valence-corrected chi connectivity index (χ3v) is 1.87. The van der Waals surface area contributed by atoms with Gasteiger partial charge in [0.2, 0.25) is 0 Å². The summed E-state index contributed by atoms with van der Waals surface area (Å²) in [6.07, 6.45) is -0.245. The van der Waals surface area contributed by atoms with Gasteiger partial charge in [-0.1, -0.05) is 0 Å². The Balaban J connectivity index is 3.07. The fourth-order valence-corrected chi connectivity index (χ4v) is 1.25. The van der Waals surface area contributed by atoms with Gasteiger partial charge in [-0.05, 0) is 13.0 Å². The molecule has 1 rings (SSSR count). The topological polar surface area (TPSA) is 49.7 Å². The smallest absolute Gasteiger partial charge is 0.168 e. The summed E-state index contributed by atoms with van der Waals surface area (Å²) in [5.41, 5.74) is 0.585. The molecule has 3 nitrogen and oxygen atoms in total. The van der Waals surface area contributed by atoms with Crippen LogP contribution in [0.5, 0.6) is 11.5 Å². The Labute approximate surface area is 81.8 Å². The number of phenols is 1. The molecule has 0 bridgehead atoms. The highest BCUT2D eigenvalue weighted by Crippen LogP contribution is 2.27. The quantitative estimate of drug-likeness (QED) is 0.776. The maximum Gasteiger partial charge on any atom is 0.168 e. The number of hydrogen-bond acceptors (Lipinski definition) is 3. The van der Waals surface area contributed by atoms with Crippen molar-refractivity contribution in [3.05, 3.63) is 23.5 Å². The summed E-state index contributed by atoms with van der Waals surface area (Å²) >= 11 is 0. The van der Waals surface area contributed by atoms with Crippen LogP contribution in [-0.4, -0.2) is 23.4 Å². The molecule has 0 fully saturated rings. The molecular formula is C10H13FO3. The number of aromatic hydroxyl groups is 1. The van der Waals surface area contributed by atoms with Crippen molar-refractivity contribution in [1.82, 2.24) is 0 Å². The molecule has 0 saturated heterocycles. The minimum atomic E-state index is -0.726. The Hall–Kier alpha value is -1.29. The molecule has 0 amide bonds. The number of methoxy groups -OCH3 is 1. The second-order valence-corrected chi connectivity index (χ2v) is 3.17. The lowest BCUT2D eigenvalue weighted by atomic mass is 10.1. The fraction of sp³-hybridized carbons (Fsp3) is 0.400. The summed E-state index contributed by atoms with van der Waals surface area (Å²) in [6.45, 7) is 1.61. The van der Waals surface area contributed by atoms with Crippen molar-refractivity contribution in [2.45, 2.75) is 19.4 Å². The van der Waals surface area contributed by atoms with Gasteiger partial charge in [0.25, 0.3) is 0 Å². The molecule has 1 unspecified atom stereocenters. The van der Waals surface area contributed by atoms with Gasteiger partial charge in [0, 0.05) is 18.1 Å². The van der Waals surface area contributed by atoms with Crippen molar-refractivity contribution in [3.63, 3.8) is 0 Å². The van der Waals surface area contributed by atoms with Crippen LogP contribution in [-0.2, 0) is 6.42 Å². The Morgan fingerprint density at radius 1 is 1.50 bits per heavy atom. The zero-order valence-electron chi connectivity index (χ0n) is 8.12. The molecule has 0 radical (unpaired) electrons. The Bertz CT molecular complexity index is 323. The highest BCUT2D eigenvalue weighted by Gasteiger charge is 2.11. The monoisotopic (exact) mass is 200 g/mol. The molecule has 14 heavy (non-hydrogen) atoms. The van der Waals surface area contributed by atoms with E-state index in [1.54, 1.807) is 6.92 Å². The Kier molecular flexibility index (Phi) is 3.30. The minimum absolute atomic E-state index is 0.316. The van der Waals surface area contributed by atoms with E-state index in [9.17, 15) is 4.39 Å². The lowest BCUT2D eigenvalue weighted by molar-refractivity contribution is 0.194. The minimum Gasteiger partial charge on any atom is -0.505 e. The van der Waals surface area contributed by atoms with Gasteiger partial charge in [0.15, 0.2) is 11.6 Å². The second-order valence-electron chi connectivity index (χ2n) is 3.17. The lowest BCUT2D eigenvalue weighted by Gasteiger charge is -2.10. The van der Waals surface area contributed by atoms with Gasteiger partial charge in [-0.2, -0.15) is 0 Å². The number of benzene rings is 1. The third-order valence-electron chi connectivity index (χ3n) is 1.87. The van der Waals surface area contributed by atoms with Crippen molar-refractivity contribution in [2.75, 3.05) is 7.11 Å². The van der Waals surface area contributed by atoms with E-state index in [-0.39, 0.29) is 0 Å². The van der Waals surface area contributed by atoms with E-state index >= 15 is 0 Å². The SMILES string of the molecule is COc1cc(F)c(O)cc1CC(C)O. The summed E-state index contributed by atoms with van der Waals surface area (Å²) < 4.78 is 17.8. The lowest BCUT2D eigenvalue weighted by Crippen LogP contribution is -2.06. The summed E-state index contributed by atoms with van der Waals surface area (Å²) in [5.74, 6) is -0.821. The average molecular weight is 200 g/mol. The molecule has 4 heteroatoms.